The summed E-state index contributed by atoms with van der Waals surface area (Å²) in [5.41, 5.74) is 7.25. The lowest BCUT2D eigenvalue weighted by Crippen LogP contribution is -2.54. The van der Waals surface area contributed by atoms with E-state index in [0.717, 1.165) is 54.4 Å². The summed E-state index contributed by atoms with van der Waals surface area (Å²) in [6.07, 6.45) is 4.96. The monoisotopic (exact) mass is 593 g/mol. The van der Waals surface area contributed by atoms with Gasteiger partial charge in [0.1, 0.15) is 12.6 Å². The first kappa shape index (κ1) is 31.4. The number of rotatable bonds is 14. The number of thiazole rings is 1. The SMILES string of the molecule is CC(C)C[C@H](NC(=O)c1ccc2ncsc2c1)C(=O)NN1CC(C)C[C@@H]1CCCCCNC(=O)OCc1ccccc1. The zero-order valence-electron chi connectivity index (χ0n) is 24.8. The number of hydrogen-bond acceptors (Lipinski definition) is 7. The van der Waals surface area contributed by atoms with Crippen LogP contribution in [0.25, 0.3) is 10.2 Å². The van der Waals surface area contributed by atoms with Crippen LogP contribution < -0.4 is 16.1 Å². The van der Waals surface area contributed by atoms with Crippen LogP contribution in [0.3, 0.4) is 0 Å². The molecule has 10 heteroatoms. The molecule has 42 heavy (non-hydrogen) atoms. The number of alkyl carbamates (subject to hydrolysis) is 1. The van der Waals surface area contributed by atoms with Crippen LogP contribution in [-0.4, -0.2) is 53.1 Å². The van der Waals surface area contributed by atoms with Crippen molar-refractivity contribution in [3.8, 4) is 0 Å². The molecule has 0 spiro atoms. The Morgan fingerprint density at radius 2 is 1.90 bits per heavy atom. The third-order valence-corrected chi connectivity index (χ3v) is 8.29. The molecule has 0 saturated carbocycles. The summed E-state index contributed by atoms with van der Waals surface area (Å²) in [6, 6.07) is 14.7. The quantitative estimate of drug-likeness (QED) is 0.208. The van der Waals surface area contributed by atoms with Crippen molar-refractivity contribution >= 4 is 39.5 Å². The predicted octanol–water partition coefficient (Wildman–Crippen LogP) is 5.67. The molecule has 0 aliphatic carbocycles. The second kappa shape index (κ2) is 15.7. The van der Waals surface area contributed by atoms with Gasteiger partial charge in [-0.3, -0.25) is 15.0 Å². The lowest BCUT2D eigenvalue weighted by molar-refractivity contribution is -0.128. The van der Waals surface area contributed by atoms with Crippen LogP contribution in [0, 0.1) is 11.8 Å². The molecule has 2 heterocycles. The molecule has 1 aromatic heterocycles. The molecular weight excluding hydrogens is 550 g/mol. The molecule has 0 bridgehead atoms. The Balaban J connectivity index is 1.20. The zero-order chi connectivity index (χ0) is 29.9. The fraction of sp³-hybridized carbons (Fsp3) is 0.500. The van der Waals surface area contributed by atoms with E-state index in [1.807, 2.05) is 56.3 Å². The average molecular weight is 594 g/mol. The van der Waals surface area contributed by atoms with Gasteiger partial charge in [0.05, 0.1) is 15.7 Å². The van der Waals surface area contributed by atoms with E-state index in [9.17, 15) is 14.4 Å². The standard InChI is InChI=1S/C32H43N5O4S/c1-22(2)16-28(35-30(38)25-13-14-27-29(18-25)42-21-34-27)31(39)36-37-19-23(3)17-26(37)12-8-5-9-15-33-32(40)41-20-24-10-6-4-7-11-24/h4,6-7,10-11,13-14,18,21-23,26,28H,5,8-9,12,15-17,19-20H2,1-3H3,(H,33,40)(H,35,38)(H,36,39)/t23?,26-,28-/m0/s1. The van der Waals surface area contributed by atoms with Crippen LogP contribution in [0.2, 0.25) is 0 Å². The molecule has 0 radical (unpaired) electrons. The highest BCUT2D eigenvalue weighted by molar-refractivity contribution is 7.16. The van der Waals surface area contributed by atoms with Gasteiger partial charge in [-0.25, -0.2) is 14.8 Å². The fourth-order valence-corrected chi connectivity index (χ4v) is 6.08. The number of carbonyl (C=O) groups excluding carboxylic acids is 3. The van der Waals surface area contributed by atoms with Gasteiger partial charge in [0.25, 0.3) is 11.8 Å². The molecule has 3 aromatic rings. The summed E-state index contributed by atoms with van der Waals surface area (Å²) >= 11 is 1.49. The van der Waals surface area contributed by atoms with Crippen LogP contribution in [0.5, 0.6) is 0 Å². The van der Waals surface area contributed by atoms with E-state index in [2.05, 4.69) is 33.0 Å². The number of benzene rings is 2. The highest BCUT2D eigenvalue weighted by atomic mass is 32.1. The number of aromatic nitrogens is 1. The molecule has 3 atom stereocenters. The normalized spacial score (nSPS) is 17.7. The third-order valence-electron chi connectivity index (χ3n) is 7.50. The summed E-state index contributed by atoms with van der Waals surface area (Å²) in [7, 11) is 0. The Morgan fingerprint density at radius 3 is 2.69 bits per heavy atom. The van der Waals surface area contributed by atoms with Crippen LogP contribution in [-0.2, 0) is 16.1 Å². The molecule has 1 fully saturated rings. The number of carbonyl (C=O) groups is 3. The molecule has 2 aromatic carbocycles. The molecule has 3 amide bonds. The second-order valence-corrected chi connectivity index (χ2v) is 12.5. The first-order chi connectivity index (χ1) is 20.3. The molecule has 1 aliphatic heterocycles. The minimum absolute atomic E-state index is 0.173. The number of fused-ring (bicyclic) bond motifs is 1. The van der Waals surface area contributed by atoms with Crippen LogP contribution in [0.4, 0.5) is 4.79 Å². The van der Waals surface area contributed by atoms with Gasteiger partial charge >= 0.3 is 6.09 Å². The Morgan fingerprint density at radius 1 is 1.10 bits per heavy atom. The van der Waals surface area contributed by atoms with E-state index in [0.29, 0.717) is 24.4 Å². The molecular formula is C32H43N5O4S. The summed E-state index contributed by atoms with van der Waals surface area (Å²) in [5, 5.41) is 7.86. The Hall–Kier alpha value is -3.50. The first-order valence-corrected chi connectivity index (χ1v) is 15.8. The highest BCUT2D eigenvalue weighted by Crippen LogP contribution is 2.25. The van der Waals surface area contributed by atoms with Crippen LogP contribution in [0.15, 0.2) is 54.0 Å². The van der Waals surface area contributed by atoms with Crippen molar-refractivity contribution in [2.45, 2.75) is 78.0 Å². The van der Waals surface area contributed by atoms with Crippen molar-refractivity contribution < 1.29 is 19.1 Å². The van der Waals surface area contributed by atoms with Crippen LogP contribution in [0.1, 0.15) is 75.2 Å². The largest absolute Gasteiger partial charge is 0.445 e. The minimum Gasteiger partial charge on any atom is -0.445 e. The lowest BCUT2D eigenvalue weighted by atomic mass is 10.0. The van der Waals surface area contributed by atoms with E-state index in [1.54, 1.807) is 11.6 Å². The number of nitrogens with zero attached hydrogens (tertiary/aromatic N) is 2. The predicted molar refractivity (Wildman–Crippen MR) is 166 cm³/mol. The number of amides is 3. The molecule has 1 unspecified atom stereocenters. The average Bonchev–Trinajstić information content (AvgIpc) is 3.58. The van der Waals surface area contributed by atoms with E-state index < -0.39 is 12.1 Å². The van der Waals surface area contributed by atoms with Gasteiger partial charge in [-0.1, -0.05) is 63.9 Å². The molecule has 1 saturated heterocycles. The van der Waals surface area contributed by atoms with Gasteiger partial charge < -0.3 is 15.4 Å². The summed E-state index contributed by atoms with van der Waals surface area (Å²) in [6.45, 7) is 7.92. The molecule has 4 rings (SSSR count). The van der Waals surface area contributed by atoms with Crippen molar-refractivity contribution in [3.63, 3.8) is 0 Å². The first-order valence-electron chi connectivity index (χ1n) is 14.9. The Kier molecular flexibility index (Phi) is 11.7. The maximum atomic E-state index is 13.4. The summed E-state index contributed by atoms with van der Waals surface area (Å²) in [4.78, 5) is 42.7. The minimum atomic E-state index is -0.626. The van der Waals surface area contributed by atoms with Crippen molar-refractivity contribution in [1.29, 1.82) is 0 Å². The van der Waals surface area contributed by atoms with Gasteiger partial charge in [-0.05, 0) is 61.3 Å². The number of nitrogens with one attached hydrogen (secondary N) is 3. The van der Waals surface area contributed by atoms with Crippen molar-refractivity contribution in [2.75, 3.05) is 13.1 Å². The maximum absolute atomic E-state index is 13.4. The van der Waals surface area contributed by atoms with E-state index in [1.165, 1.54) is 11.3 Å². The number of ether oxygens (including phenoxy) is 1. The van der Waals surface area contributed by atoms with E-state index in [-0.39, 0.29) is 30.4 Å². The van der Waals surface area contributed by atoms with Crippen molar-refractivity contribution in [3.05, 3.63) is 65.2 Å². The van der Waals surface area contributed by atoms with Gasteiger partial charge in [0.2, 0.25) is 0 Å². The maximum Gasteiger partial charge on any atom is 0.407 e. The molecule has 1 aliphatic rings. The van der Waals surface area contributed by atoms with E-state index >= 15 is 0 Å². The van der Waals surface area contributed by atoms with Gasteiger partial charge in [0, 0.05) is 24.7 Å². The highest BCUT2D eigenvalue weighted by Gasteiger charge is 2.32. The van der Waals surface area contributed by atoms with E-state index in [4.69, 9.17) is 4.74 Å². The number of hydrogen-bond donors (Lipinski definition) is 3. The Bertz CT molecular complexity index is 1310. The topological polar surface area (TPSA) is 113 Å². The Labute approximate surface area is 252 Å². The van der Waals surface area contributed by atoms with Crippen molar-refractivity contribution in [1.82, 2.24) is 26.1 Å². The summed E-state index contributed by atoms with van der Waals surface area (Å²) < 4.78 is 6.20. The molecule has 9 nitrogen and oxygen atoms in total. The number of unbranched alkanes of at least 4 members (excludes halogenated alkanes) is 2. The third kappa shape index (κ3) is 9.52. The zero-order valence-corrected chi connectivity index (χ0v) is 25.6. The fourth-order valence-electron chi connectivity index (χ4n) is 5.37. The lowest BCUT2D eigenvalue weighted by Gasteiger charge is -2.28. The van der Waals surface area contributed by atoms with Crippen LogP contribution >= 0.6 is 11.3 Å². The number of hydrazine groups is 1. The second-order valence-electron chi connectivity index (χ2n) is 11.7. The molecule has 226 valence electrons. The van der Waals surface area contributed by atoms with Crippen molar-refractivity contribution in [2.24, 2.45) is 11.8 Å². The van der Waals surface area contributed by atoms with Gasteiger partial charge in [-0.15, -0.1) is 11.3 Å². The molecule has 3 N–H and O–H groups in total. The smallest absolute Gasteiger partial charge is 0.407 e. The van der Waals surface area contributed by atoms with Gasteiger partial charge in [0.15, 0.2) is 0 Å². The summed E-state index contributed by atoms with van der Waals surface area (Å²) in [5.74, 6) is 0.284. The van der Waals surface area contributed by atoms with Gasteiger partial charge in [-0.2, -0.15) is 0 Å².